The van der Waals surface area contributed by atoms with Gasteiger partial charge in [-0.25, -0.2) is 0 Å². The molecule has 0 spiro atoms. The Kier molecular flexibility index (Phi) is 5.15. The van der Waals surface area contributed by atoms with E-state index in [9.17, 15) is 0 Å². The summed E-state index contributed by atoms with van der Waals surface area (Å²) in [6.07, 6.45) is 4.57. The summed E-state index contributed by atoms with van der Waals surface area (Å²) < 4.78 is 1.98. The summed E-state index contributed by atoms with van der Waals surface area (Å²) in [4.78, 5) is 4.10. The molecular weight excluding hydrogens is 272 g/mol. The van der Waals surface area contributed by atoms with Crippen LogP contribution in [0.2, 0.25) is 5.02 Å². The number of aromatic nitrogens is 3. The minimum Gasteiger partial charge on any atom is -0.307 e. The number of rotatable bonds is 6. The second kappa shape index (κ2) is 6.86. The Labute approximate surface area is 125 Å². The van der Waals surface area contributed by atoms with Crippen LogP contribution in [0.4, 0.5) is 0 Å². The summed E-state index contributed by atoms with van der Waals surface area (Å²) in [5, 5.41) is 8.76. The predicted molar refractivity (Wildman–Crippen MR) is 81.8 cm³/mol. The first-order chi connectivity index (χ1) is 9.67. The number of aryl methyl sites for hydroxylation is 3. The number of nitrogens with one attached hydrogen (secondary N) is 1. The predicted octanol–water partition coefficient (Wildman–Crippen LogP) is 3.11. The molecule has 2 heterocycles. The lowest BCUT2D eigenvalue weighted by molar-refractivity contribution is 0.577. The fraction of sp³-hybridized carbons (Fsp3) is 0.467. The molecule has 2 rings (SSSR count). The molecule has 0 aliphatic rings. The zero-order chi connectivity index (χ0) is 14.5. The van der Waals surface area contributed by atoms with Crippen molar-refractivity contribution in [1.82, 2.24) is 20.1 Å². The Hall–Kier alpha value is -1.39. The quantitative estimate of drug-likeness (QED) is 0.889. The van der Waals surface area contributed by atoms with Crippen molar-refractivity contribution >= 4 is 11.6 Å². The van der Waals surface area contributed by atoms with E-state index in [0.717, 1.165) is 42.5 Å². The Morgan fingerprint density at radius 1 is 1.30 bits per heavy atom. The van der Waals surface area contributed by atoms with Gasteiger partial charge in [-0.3, -0.25) is 9.67 Å². The van der Waals surface area contributed by atoms with Crippen LogP contribution in [0.25, 0.3) is 0 Å². The molecule has 5 heteroatoms. The number of halogens is 1. The second-order valence-corrected chi connectivity index (χ2v) is 5.16. The Bertz CT molecular complexity index is 577. The zero-order valence-electron chi connectivity index (χ0n) is 12.3. The van der Waals surface area contributed by atoms with Crippen LogP contribution in [-0.2, 0) is 26.1 Å². The highest BCUT2D eigenvalue weighted by Gasteiger charge is 2.13. The van der Waals surface area contributed by atoms with Crippen LogP contribution in [0, 0.1) is 6.92 Å². The van der Waals surface area contributed by atoms with Gasteiger partial charge in [0.2, 0.25) is 0 Å². The zero-order valence-corrected chi connectivity index (χ0v) is 13.0. The van der Waals surface area contributed by atoms with Gasteiger partial charge >= 0.3 is 0 Å². The van der Waals surface area contributed by atoms with Crippen molar-refractivity contribution in [3.63, 3.8) is 0 Å². The van der Waals surface area contributed by atoms with Gasteiger partial charge in [-0.1, -0.05) is 18.5 Å². The van der Waals surface area contributed by atoms with Crippen LogP contribution in [0.1, 0.15) is 36.4 Å². The maximum absolute atomic E-state index is 6.39. The van der Waals surface area contributed by atoms with Crippen molar-refractivity contribution in [2.75, 3.05) is 0 Å². The Morgan fingerprint density at radius 3 is 2.75 bits per heavy atom. The molecular formula is C15H21ClN4. The van der Waals surface area contributed by atoms with E-state index in [0.29, 0.717) is 0 Å². The molecule has 4 nitrogen and oxygen atoms in total. The van der Waals surface area contributed by atoms with E-state index in [2.05, 4.69) is 36.2 Å². The van der Waals surface area contributed by atoms with E-state index in [1.54, 1.807) is 0 Å². The number of hydrogen-bond acceptors (Lipinski definition) is 3. The fourth-order valence-electron chi connectivity index (χ4n) is 2.20. The van der Waals surface area contributed by atoms with E-state index in [-0.39, 0.29) is 0 Å². The van der Waals surface area contributed by atoms with Crippen LogP contribution >= 0.6 is 11.6 Å². The van der Waals surface area contributed by atoms with E-state index in [4.69, 9.17) is 11.6 Å². The van der Waals surface area contributed by atoms with Crippen LogP contribution in [0.15, 0.2) is 18.5 Å². The maximum Gasteiger partial charge on any atom is 0.0863 e. The maximum atomic E-state index is 6.39. The van der Waals surface area contributed by atoms with E-state index < -0.39 is 0 Å². The first-order valence-corrected chi connectivity index (χ1v) is 7.39. The standard InChI is InChI=1S/C15H21ClN4/c1-4-13-15(16)14(20(5-2)19-13)10-18-9-12-6-7-17-8-11(12)3/h6-8,18H,4-5,9-10H2,1-3H3. The van der Waals surface area contributed by atoms with Gasteiger partial charge in [0.15, 0.2) is 0 Å². The topological polar surface area (TPSA) is 42.7 Å². The van der Waals surface area contributed by atoms with Crippen LogP contribution in [0.5, 0.6) is 0 Å². The summed E-state index contributed by atoms with van der Waals surface area (Å²) in [5.41, 5.74) is 4.50. The highest BCUT2D eigenvalue weighted by molar-refractivity contribution is 6.31. The summed E-state index contributed by atoms with van der Waals surface area (Å²) in [5.74, 6) is 0. The average Bonchev–Trinajstić information content (AvgIpc) is 2.77. The second-order valence-electron chi connectivity index (χ2n) is 4.78. The molecule has 0 amide bonds. The number of hydrogen-bond donors (Lipinski definition) is 1. The molecule has 2 aromatic rings. The smallest absolute Gasteiger partial charge is 0.0863 e. The fourth-order valence-corrected chi connectivity index (χ4v) is 2.54. The third kappa shape index (κ3) is 3.19. The lowest BCUT2D eigenvalue weighted by atomic mass is 10.1. The molecule has 0 atom stereocenters. The van der Waals surface area contributed by atoms with Crippen molar-refractivity contribution < 1.29 is 0 Å². The highest BCUT2D eigenvalue weighted by atomic mass is 35.5. The van der Waals surface area contributed by atoms with Gasteiger partial charge in [-0.15, -0.1) is 0 Å². The molecule has 1 N–H and O–H groups in total. The molecule has 0 unspecified atom stereocenters. The molecule has 0 saturated carbocycles. The molecule has 0 radical (unpaired) electrons. The van der Waals surface area contributed by atoms with Gasteiger partial charge < -0.3 is 5.32 Å². The number of nitrogens with zero attached hydrogens (tertiary/aromatic N) is 3. The Morgan fingerprint density at radius 2 is 2.10 bits per heavy atom. The largest absolute Gasteiger partial charge is 0.307 e. The van der Waals surface area contributed by atoms with E-state index in [1.165, 1.54) is 11.1 Å². The summed E-state index contributed by atoms with van der Waals surface area (Å²) in [6, 6.07) is 2.04. The SMILES string of the molecule is CCc1nn(CC)c(CNCc2ccncc2C)c1Cl. The van der Waals surface area contributed by atoms with Crippen LogP contribution in [0.3, 0.4) is 0 Å². The van der Waals surface area contributed by atoms with Crippen LogP contribution in [-0.4, -0.2) is 14.8 Å². The average molecular weight is 293 g/mol. The van der Waals surface area contributed by atoms with Crippen molar-refractivity contribution in [2.45, 2.75) is 46.8 Å². The first kappa shape index (κ1) is 15.0. The van der Waals surface area contributed by atoms with Gasteiger partial charge in [0, 0.05) is 32.0 Å². The summed E-state index contributed by atoms with van der Waals surface area (Å²) in [7, 11) is 0. The van der Waals surface area contributed by atoms with Crippen molar-refractivity contribution in [3.8, 4) is 0 Å². The third-order valence-corrected chi connectivity index (χ3v) is 3.87. The van der Waals surface area contributed by atoms with Crippen molar-refractivity contribution in [1.29, 1.82) is 0 Å². The minimum absolute atomic E-state index is 0.724. The lowest BCUT2D eigenvalue weighted by Gasteiger charge is -2.09. The highest BCUT2D eigenvalue weighted by Crippen LogP contribution is 2.21. The van der Waals surface area contributed by atoms with Crippen molar-refractivity contribution in [3.05, 3.63) is 46.0 Å². The third-order valence-electron chi connectivity index (χ3n) is 3.44. The van der Waals surface area contributed by atoms with Crippen LogP contribution < -0.4 is 5.32 Å². The molecule has 0 fully saturated rings. The lowest BCUT2D eigenvalue weighted by Crippen LogP contribution is -2.17. The molecule has 2 aromatic heterocycles. The molecule has 0 saturated heterocycles. The molecule has 0 aromatic carbocycles. The molecule has 0 aliphatic carbocycles. The van der Waals surface area contributed by atoms with Gasteiger partial charge in [0.05, 0.1) is 16.4 Å². The number of pyridine rings is 1. The van der Waals surface area contributed by atoms with E-state index in [1.807, 2.05) is 23.1 Å². The van der Waals surface area contributed by atoms with Gasteiger partial charge in [-0.2, -0.15) is 5.10 Å². The summed E-state index contributed by atoms with van der Waals surface area (Å²) >= 11 is 6.39. The van der Waals surface area contributed by atoms with Crippen molar-refractivity contribution in [2.24, 2.45) is 0 Å². The van der Waals surface area contributed by atoms with E-state index >= 15 is 0 Å². The summed E-state index contributed by atoms with van der Waals surface area (Å²) in [6.45, 7) is 8.60. The molecule has 20 heavy (non-hydrogen) atoms. The van der Waals surface area contributed by atoms with Gasteiger partial charge in [0.25, 0.3) is 0 Å². The monoisotopic (exact) mass is 292 g/mol. The molecule has 0 bridgehead atoms. The Balaban J connectivity index is 2.04. The molecule has 108 valence electrons. The minimum atomic E-state index is 0.724. The first-order valence-electron chi connectivity index (χ1n) is 7.01. The molecule has 0 aliphatic heterocycles. The normalized spacial score (nSPS) is 11.0. The van der Waals surface area contributed by atoms with Gasteiger partial charge in [0.1, 0.15) is 0 Å². The van der Waals surface area contributed by atoms with Gasteiger partial charge in [-0.05, 0) is 37.5 Å².